The number of nitrogens with zero attached hydrogens (tertiary/aromatic N) is 3. The van der Waals surface area contributed by atoms with Crippen LogP contribution in [0.1, 0.15) is 25.7 Å². The Bertz CT molecular complexity index is 1080. The van der Waals surface area contributed by atoms with Gasteiger partial charge in [-0.05, 0) is 43.0 Å². The number of hydrogen-bond donors (Lipinski definition) is 0. The van der Waals surface area contributed by atoms with E-state index in [1.807, 2.05) is 35.2 Å². The van der Waals surface area contributed by atoms with E-state index in [1.165, 1.54) is 4.31 Å². The molecule has 2 heterocycles. The fourth-order valence-electron chi connectivity index (χ4n) is 4.53. The molecule has 2 aliphatic rings. The quantitative estimate of drug-likeness (QED) is 0.557. The molecule has 0 aliphatic carbocycles. The molecule has 2 aromatic carbocycles. The van der Waals surface area contributed by atoms with Crippen molar-refractivity contribution in [3.05, 3.63) is 60.7 Å². The standard InChI is InChI=1S/C26H33N3O5S/c30-25(27-15-13-22(14-16-27)21-34-23-7-3-1-4-8-23)11-12-26(31)28-17-19-29(20-18-28)35(32,33)24-9-5-2-6-10-24/h1-10,22H,11-21H2. The molecule has 4 rings (SSSR count). The summed E-state index contributed by atoms with van der Waals surface area (Å²) in [6.07, 6.45) is 2.13. The zero-order chi connectivity index (χ0) is 24.7. The first-order valence-electron chi connectivity index (χ1n) is 12.2. The molecule has 0 aromatic heterocycles. The largest absolute Gasteiger partial charge is 0.493 e. The molecule has 35 heavy (non-hydrogen) atoms. The molecule has 2 fully saturated rings. The summed E-state index contributed by atoms with van der Waals surface area (Å²) in [4.78, 5) is 29.1. The molecule has 0 atom stereocenters. The van der Waals surface area contributed by atoms with Gasteiger partial charge in [-0.25, -0.2) is 8.42 Å². The van der Waals surface area contributed by atoms with Crippen molar-refractivity contribution in [1.29, 1.82) is 0 Å². The van der Waals surface area contributed by atoms with E-state index in [4.69, 9.17) is 4.74 Å². The number of likely N-dealkylation sites (tertiary alicyclic amines) is 1. The number of piperazine rings is 1. The summed E-state index contributed by atoms with van der Waals surface area (Å²) in [6, 6.07) is 18.1. The molecule has 0 N–H and O–H groups in total. The lowest BCUT2D eigenvalue weighted by molar-refractivity contribution is -0.138. The van der Waals surface area contributed by atoms with Gasteiger partial charge >= 0.3 is 0 Å². The smallest absolute Gasteiger partial charge is 0.243 e. The molecule has 8 nitrogen and oxygen atoms in total. The topological polar surface area (TPSA) is 87.2 Å². The average molecular weight is 500 g/mol. The summed E-state index contributed by atoms with van der Waals surface area (Å²) in [6.45, 7) is 3.22. The fraction of sp³-hybridized carbons (Fsp3) is 0.462. The van der Waals surface area contributed by atoms with Crippen LogP contribution in [-0.4, -0.2) is 80.2 Å². The first-order chi connectivity index (χ1) is 16.9. The van der Waals surface area contributed by atoms with Crippen LogP contribution in [0.25, 0.3) is 0 Å². The normalized spacial score (nSPS) is 17.8. The number of para-hydroxylation sites is 1. The van der Waals surface area contributed by atoms with Crippen molar-refractivity contribution in [1.82, 2.24) is 14.1 Å². The monoisotopic (exact) mass is 499 g/mol. The number of benzene rings is 2. The van der Waals surface area contributed by atoms with E-state index >= 15 is 0 Å². The van der Waals surface area contributed by atoms with Crippen LogP contribution in [0.4, 0.5) is 0 Å². The molecule has 9 heteroatoms. The second-order valence-corrected chi connectivity index (χ2v) is 11.0. The van der Waals surface area contributed by atoms with E-state index < -0.39 is 10.0 Å². The first kappa shape index (κ1) is 25.2. The Morgan fingerprint density at radius 3 is 1.83 bits per heavy atom. The Morgan fingerprint density at radius 1 is 0.743 bits per heavy atom. The minimum Gasteiger partial charge on any atom is -0.493 e. The number of sulfonamides is 1. The predicted molar refractivity (Wildman–Crippen MR) is 132 cm³/mol. The minimum absolute atomic E-state index is 0.00562. The molecular weight excluding hydrogens is 466 g/mol. The van der Waals surface area contributed by atoms with Gasteiger partial charge in [-0.1, -0.05) is 36.4 Å². The Hall–Kier alpha value is -2.91. The highest BCUT2D eigenvalue weighted by molar-refractivity contribution is 7.89. The number of hydrogen-bond acceptors (Lipinski definition) is 5. The van der Waals surface area contributed by atoms with Crippen molar-refractivity contribution in [3.8, 4) is 5.75 Å². The van der Waals surface area contributed by atoms with Crippen LogP contribution in [0.5, 0.6) is 5.75 Å². The second-order valence-electron chi connectivity index (χ2n) is 9.05. The molecule has 188 valence electrons. The van der Waals surface area contributed by atoms with Crippen molar-refractivity contribution in [3.63, 3.8) is 0 Å². The maximum absolute atomic E-state index is 12.8. The highest BCUT2D eigenvalue weighted by atomic mass is 32.2. The van der Waals surface area contributed by atoms with Crippen LogP contribution in [0.2, 0.25) is 0 Å². The third kappa shape index (κ3) is 6.61. The number of piperidine rings is 1. The lowest BCUT2D eigenvalue weighted by atomic mass is 9.97. The zero-order valence-electron chi connectivity index (χ0n) is 19.9. The summed E-state index contributed by atoms with van der Waals surface area (Å²) in [7, 11) is -3.55. The second kappa shape index (κ2) is 11.7. The van der Waals surface area contributed by atoms with E-state index in [-0.39, 0.29) is 42.6 Å². The van der Waals surface area contributed by atoms with Gasteiger partial charge in [0.25, 0.3) is 0 Å². The lowest BCUT2D eigenvalue weighted by Gasteiger charge is -2.34. The number of amides is 2. The summed E-state index contributed by atoms with van der Waals surface area (Å²) >= 11 is 0. The van der Waals surface area contributed by atoms with Gasteiger partial charge in [-0.2, -0.15) is 4.31 Å². The summed E-state index contributed by atoms with van der Waals surface area (Å²) < 4.78 is 32.8. The number of ether oxygens (including phenoxy) is 1. The summed E-state index contributed by atoms with van der Waals surface area (Å²) in [5, 5.41) is 0. The van der Waals surface area contributed by atoms with Crippen LogP contribution in [0.15, 0.2) is 65.6 Å². The molecule has 0 bridgehead atoms. The van der Waals surface area contributed by atoms with Gasteiger partial charge < -0.3 is 14.5 Å². The van der Waals surface area contributed by atoms with Crippen LogP contribution >= 0.6 is 0 Å². The van der Waals surface area contributed by atoms with Crippen molar-refractivity contribution in [2.75, 3.05) is 45.9 Å². The Morgan fingerprint density at radius 2 is 1.26 bits per heavy atom. The Balaban J connectivity index is 1.15. The van der Waals surface area contributed by atoms with E-state index in [2.05, 4.69) is 0 Å². The third-order valence-electron chi connectivity index (χ3n) is 6.72. The third-order valence-corrected chi connectivity index (χ3v) is 8.63. The summed E-state index contributed by atoms with van der Waals surface area (Å²) in [5.74, 6) is 1.19. The molecular formula is C26H33N3O5S. The van der Waals surface area contributed by atoms with Gasteiger partial charge in [-0.15, -0.1) is 0 Å². The lowest BCUT2D eigenvalue weighted by Crippen LogP contribution is -2.50. The van der Waals surface area contributed by atoms with Crippen LogP contribution in [0.3, 0.4) is 0 Å². The summed E-state index contributed by atoms with van der Waals surface area (Å²) in [5.41, 5.74) is 0. The van der Waals surface area contributed by atoms with Crippen molar-refractivity contribution < 1.29 is 22.7 Å². The van der Waals surface area contributed by atoms with Crippen molar-refractivity contribution in [2.45, 2.75) is 30.6 Å². The van der Waals surface area contributed by atoms with Crippen molar-refractivity contribution in [2.24, 2.45) is 5.92 Å². The van der Waals surface area contributed by atoms with Gasteiger partial charge in [-0.3, -0.25) is 9.59 Å². The Kier molecular flexibility index (Phi) is 8.41. The molecule has 2 aromatic rings. The predicted octanol–water partition coefficient (Wildman–Crippen LogP) is 2.62. The highest BCUT2D eigenvalue weighted by Crippen LogP contribution is 2.21. The van der Waals surface area contributed by atoms with E-state index in [1.54, 1.807) is 35.2 Å². The van der Waals surface area contributed by atoms with Gasteiger partial charge in [0, 0.05) is 52.1 Å². The average Bonchev–Trinajstić information content (AvgIpc) is 2.92. The van der Waals surface area contributed by atoms with Crippen LogP contribution in [-0.2, 0) is 19.6 Å². The Labute approximate surface area is 207 Å². The van der Waals surface area contributed by atoms with E-state index in [0.29, 0.717) is 38.7 Å². The molecule has 2 aliphatic heterocycles. The van der Waals surface area contributed by atoms with Gasteiger partial charge in [0.05, 0.1) is 11.5 Å². The molecule has 2 amide bonds. The van der Waals surface area contributed by atoms with Crippen LogP contribution in [0, 0.1) is 5.92 Å². The molecule has 0 spiro atoms. The van der Waals surface area contributed by atoms with Crippen LogP contribution < -0.4 is 4.74 Å². The number of rotatable bonds is 8. The van der Waals surface area contributed by atoms with Gasteiger partial charge in [0.2, 0.25) is 21.8 Å². The number of carbonyl (C=O) groups excluding carboxylic acids is 2. The zero-order valence-corrected chi connectivity index (χ0v) is 20.7. The SMILES string of the molecule is O=C(CCC(=O)N1CCN(S(=O)(=O)c2ccccc2)CC1)N1CCC(COc2ccccc2)CC1. The molecule has 0 radical (unpaired) electrons. The van der Waals surface area contributed by atoms with E-state index in [9.17, 15) is 18.0 Å². The molecule has 0 unspecified atom stereocenters. The first-order valence-corrected chi connectivity index (χ1v) is 13.7. The minimum atomic E-state index is -3.55. The molecule has 2 saturated heterocycles. The number of carbonyl (C=O) groups is 2. The van der Waals surface area contributed by atoms with Gasteiger partial charge in [0.15, 0.2) is 0 Å². The molecule has 0 saturated carbocycles. The van der Waals surface area contributed by atoms with Gasteiger partial charge in [0.1, 0.15) is 5.75 Å². The highest BCUT2D eigenvalue weighted by Gasteiger charge is 2.30. The maximum Gasteiger partial charge on any atom is 0.243 e. The maximum atomic E-state index is 12.8. The van der Waals surface area contributed by atoms with Crippen molar-refractivity contribution >= 4 is 21.8 Å². The van der Waals surface area contributed by atoms with E-state index in [0.717, 1.165) is 18.6 Å². The fourth-order valence-corrected chi connectivity index (χ4v) is 5.97.